The van der Waals surface area contributed by atoms with Gasteiger partial charge >= 0.3 is 0 Å². The summed E-state index contributed by atoms with van der Waals surface area (Å²) in [6.07, 6.45) is 3.37. The monoisotopic (exact) mass is 306 g/mol. The van der Waals surface area contributed by atoms with Crippen molar-refractivity contribution in [3.63, 3.8) is 0 Å². The molecule has 0 bridgehead atoms. The van der Waals surface area contributed by atoms with Gasteiger partial charge in [-0.05, 0) is 56.6 Å². The van der Waals surface area contributed by atoms with Crippen molar-refractivity contribution in [3.05, 3.63) is 24.3 Å². The number of rotatable bonds is 7. The van der Waals surface area contributed by atoms with E-state index < -0.39 is 0 Å². The van der Waals surface area contributed by atoms with E-state index in [0.29, 0.717) is 19.1 Å². The van der Waals surface area contributed by atoms with E-state index in [-0.39, 0.29) is 5.91 Å². The summed E-state index contributed by atoms with van der Waals surface area (Å²) in [5.41, 5.74) is 0. The van der Waals surface area contributed by atoms with E-state index >= 15 is 0 Å². The molecule has 0 atom stereocenters. The molecule has 0 aromatic heterocycles. The van der Waals surface area contributed by atoms with Crippen LogP contribution in [0.1, 0.15) is 25.7 Å². The average molecular weight is 306 g/mol. The minimum Gasteiger partial charge on any atom is -0.497 e. The van der Waals surface area contributed by atoms with Gasteiger partial charge in [-0.25, -0.2) is 0 Å². The van der Waals surface area contributed by atoms with Crippen molar-refractivity contribution in [2.24, 2.45) is 0 Å². The minimum atomic E-state index is 0.213. The summed E-state index contributed by atoms with van der Waals surface area (Å²) >= 11 is 0. The summed E-state index contributed by atoms with van der Waals surface area (Å²) in [5, 5.41) is 3.32. The fourth-order valence-electron chi connectivity index (χ4n) is 2.66. The minimum absolute atomic E-state index is 0.213. The second kappa shape index (κ2) is 8.63. The van der Waals surface area contributed by atoms with Crippen LogP contribution in [0.5, 0.6) is 11.5 Å². The Kier molecular flexibility index (Phi) is 6.52. The molecule has 1 N–H and O–H groups in total. The molecule has 1 aliphatic heterocycles. The second-order valence-electron chi connectivity index (χ2n) is 5.61. The van der Waals surface area contributed by atoms with Gasteiger partial charge in [0.05, 0.1) is 13.7 Å². The van der Waals surface area contributed by atoms with Gasteiger partial charge in [-0.1, -0.05) is 0 Å². The standard InChI is InChI=1S/C17H26N2O3/c1-19(14-9-11-18-12-10-14)17(20)4-3-13-22-16-7-5-15(21-2)6-8-16/h5-8,14,18H,3-4,9-13H2,1-2H3. The second-order valence-corrected chi connectivity index (χ2v) is 5.61. The van der Waals surface area contributed by atoms with E-state index in [0.717, 1.165) is 43.9 Å². The highest BCUT2D eigenvalue weighted by molar-refractivity contribution is 5.76. The molecule has 5 nitrogen and oxygen atoms in total. The van der Waals surface area contributed by atoms with Gasteiger partial charge < -0.3 is 19.7 Å². The van der Waals surface area contributed by atoms with Crippen LogP contribution in [-0.2, 0) is 4.79 Å². The first-order chi connectivity index (χ1) is 10.7. The number of amides is 1. The quantitative estimate of drug-likeness (QED) is 0.784. The van der Waals surface area contributed by atoms with Gasteiger partial charge in [-0.3, -0.25) is 4.79 Å². The molecule has 1 fully saturated rings. The smallest absolute Gasteiger partial charge is 0.222 e. The highest BCUT2D eigenvalue weighted by Gasteiger charge is 2.21. The predicted octanol–water partition coefficient (Wildman–Crippen LogP) is 2.06. The van der Waals surface area contributed by atoms with Crippen LogP contribution in [0.15, 0.2) is 24.3 Å². The van der Waals surface area contributed by atoms with Crippen LogP contribution in [0.2, 0.25) is 0 Å². The molecule has 22 heavy (non-hydrogen) atoms. The maximum Gasteiger partial charge on any atom is 0.222 e. The Balaban J connectivity index is 1.65. The molecule has 1 heterocycles. The van der Waals surface area contributed by atoms with Crippen LogP contribution >= 0.6 is 0 Å². The van der Waals surface area contributed by atoms with Crippen molar-refractivity contribution in [2.45, 2.75) is 31.7 Å². The van der Waals surface area contributed by atoms with Gasteiger partial charge in [-0.15, -0.1) is 0 Å². The fraction of sp³-hybridized carbons (Fsp3) is 0.588. The zero-order chi connectivity index (χ0) is 15.8. The Morgan fingerprint density at radius 1 is 1.23 bits per heavy atom. The number of methoxy groups -OCH3 is 1. The van der Waals surface area contributed by atoms with E-state index in [4.69, 9.17) is 9.47 Å². The normalized spacial score (nSPS) is 15.4. The number of carbonyl (C=O) groups excluding carboxylic acids is 1. The molecule has 0 spiro atoms. The molecule has 122 valence electrons. The Morgan fingerprint density at radius 3 is 2.50 bits per heavy atom. The van der Waals surface area contributed by atoms with Crippen molar-refractivity contribution in [2.75, 3.05) is 33.9 Å². The van der Waals surface area contributed by atoms with Crippen molar-refractivity contribution in [1.82, 2.24) is 10.2 Å². The van der Waals surface area contributed by atoms with Gasteiger partial charge in [-0.2, -0.15) is 0 Å². The summed E-state index contributed by atoms with van der Waals surface area (Å²) in [6, 6.07) is 7.87. The Morgan fingerprint density at radius 2 is 1.86 bits per heavy atom. The molecule has 1 aliphatic rings. The van der Waals surface area contributed by atoms with Gasteiger partial charge in [0.2, 0.25) is 5.91 Å². The van der Waals surface area contributed by atoms with E-state index in [9.17, 15) is 4.79 Å². The lowest BCUT2D eigenvalue weighted by Crippen LogP contribution is -2.43. The average Bonchev–Trinajstić information content (AvgIpc) is 2.59. The lowest BCUT2D eigenvalue weighted by atomic mass is 10.0. The van der Waals surface area contributed by atoms with Gasteiger partial charge in [0.25, 0.3) is 0 Å². The van der Waals surface area contributed by atoms with Crippen molar-refractivity contribution in [3.8, 4) is 11.5 Å². The number of nitrogens with one attached hydrogen (secondary N) is 1. The molecule has 1 saturated heterocycles. The SMILES string of the molecule is COc1ccc(OCCCC(=O)N(C)C2CCNCC2)cc1. The van der Waals surface area contributed by atoms with E-state index in [1.54, 1.807) is 7.11 Å². The number of piperidine rings is 1. The third-order valence-electron chi connectivity index (χ3n) is 4.11. The zero-order valence-electron chi connectivity index (χ0n) is 13.5. The van der Waals surface area contributed by atoms with Crippen molar-refractivity contribution in [1.29, 1.82) is 0 Å². The molecule has 1 amide bonds. The van der Waals surface area contributed by atoms with Crippen molar-refractivity contribution < 1.29 is 14.3 Å². The van der Waals surface area contributed by atoms with Gasteiger partial charge in [0.15, 0.2) is 0 Å². The first kappa shape index (κ1) is 16.6. The van der Waals surface area contributed by atoms with Crippen LogP contribution in [-0.4, -0.2) is 50.7 Å². The van der Waals surface area contributed by atoms with E-state index in [1.165, 1.54) is 0 Å². The number of carbonyl (C=O) groups is 1. The van der Waals surface area contributed by atoms with Crippen LogP contribution in [0.3, 0.4) is 0 Å². The van der Waals surface area contributed by atoms with E-state index in [1.807, 2.05) is 36.2 Å². The maximum absolute atomic E-state index is 12.2. The topological polar surface area (TPSA) is 50.8 Å². The van der Waals surface area contributed by atoms with Crippen LogP contribution in [0.4, 0.5) is 0 Å². The molecule has 0 unspecified atom stereocenters. The molecule has 1 aromatic rings. The fourth-order valence-corrected chi connectivity index (χ4v) is 2.66. The number of hydrogen-bond donors (Lipinski definition) is 1. The summed E-state index contributed by atoms with van der Waals surface area (Å²) in [6.45, 7) is 2.56. The van der Waals surface area contributed by atoms with Gasteiger partial charge in [0.1, 0.15) is 11.5 Å². The largest absolute Gasteiger partial charge is 0.497 e. The Hall–Kier alpha value is -1.75. The summed E-state index contributed by atoms with van der Waals surface area (Å²) < 4.78 is 10.7. The summed E-state index contributed by atoms with van der Waals surface area (Å²) in [7, 11) is 3.56. The highest BCUT2D eigenvalue weighted by Crippen LogP contribution is 2.17. The molecule has 1 aromatic carbocycles. The third kappa shape index (κ3) is 4.91. The number of ether oxygens (including phenoxy) is 2. The molecule has 0 aliphatic carbocycles. The zero-order valence-corrected chi connectivity index (χ0v) is 13.5. The molecule has 0 saturated carbocycles. The molecule has 5 heteroatoms. The molecule has 0 radical (unpaired) electrons. The Bertz CT molecular complexity index is 455. The first-order valence-corrected chi connectivity index (χ1v) is 7.94. The van der Waals surface area contributed by atoms with Crippen LogP contribution < -0.4 is 14.8 Å². The van der Waals surface area contributed by atoms with Crippen LogP contribution in [0.25, 0.3) is 0 Å². The predicted molar refractivity (Wildman–Crippen MR) is 86.4 cm³/mol. The summed E-state index contributed by atoms with van der Waals surface area (Å²) in [5.74, 6) is 1.83. The molecular formula is C17H26N2O3. The maximum atomic E-state index is 12.2. The first-order valence-electron chi connectivity index (χ1n) is 7.94. The number of nitrogens with zero attached hydrogens (tertiary/aromatic N) is 1. The summed E-state index contributed by atoms with van der Waals surface area (Å²) in [4.78, 5) is 14.1. The molecular weight excluding hydrogens is 280 g/mol. The number of hydrogen-bond acceptors (Lipinski definition) is 4. The third-order valence-corrected chi connectivity index (χ3v) is 4.11. The molecule has 2 rings (SSSR count). The van der Waals surface area contributed by atoms with Gasteiger partial charge in [0, 0.05) is 19.5 Å². The number of benzene rings is 1. The lowest BCUT2D eigenvalue weighted by molar-refractivity contribution is -0.132. The van der Waals surface area contributed by atoms with Crippen LogP contribution in [0, 0.1) is 0 Å². The highest BCUT2D eigenvalue weighted by atomic mass is 16.5. The van der Waals surface area contributed by atoms with Crippen molar-refractivity contribution >= 4 is 5.91 Å². The Labute approximate surface area is 132 Å². The van der Waals surface area contributed by atoms with E-state index in [2.05, 4.69) is 5.32 Å². The lowest BCUT2D eigenvalue weighted by Gasteiger charge is -2.31.